The Labute approximate surface area is 145 Å². The van der Waals surface area contributed by atoms with Crippen molar-refractivity contribution in [2.45, 2.75) is 19.2 Å². The van der Waals surface area contributed by atoms with Gasteiger partial charge in [-0.3, -0.25) is 4.79 Å². The molecule has 0 aliphatic carbocycles. The molecule has 1 fully saturated rings. The fourth-order valence-electron chi connectivity index (χ4n) is 2.26. The van der Waals surface area contributed by atoms with Gasteiger partial charge in [-0.25, -0.2) is 0 Å². The van der Waals surface area contributed by atoms with Crippen LogP contribution in [0.5, 0.6) is 0 Å². The predicted molar refractivity (Wildman–Crippen MR) is 72.9 cm³/mol. The largest absolute Gasteiger partial charge is 1.00 e. The van der Waals surface area contributed by atoms with Crippen molar-refractivity contribution in [2.24, 2.45) is 5.92 Å². The number of aromatic carboxylic acids is 1. The van der Waals surface area contributed by atoms with Crippen LogP contribution in [0.4, 0.5) is 0 Å². The topological polar surface area (TPSA) is 60.4 Å². The third-order valence-electron chi connectivity index (χ3n) is 3.14. The summed E-state index contributed by atoms with van der Waals surface area (Å²) in [6.45, 7) is 4.79. The van der Waals surface area contributed by atoms with E-state index in [1.807, 2.05) is 0 Å². The minimum absolute atomic E-state index is 0. The van der Waals surface area contributed by atoms with Gasteiger partial charge < -0.3 is 14.8 Å². The first-order valence-corrected chi connectivity index (χ1v) is 7.30. The molecule has 1 aromatic rings. The number of hydrogen-bond donors (Lipinski definition) is 0. The van der Waals surface area contributed by atoms with E-state index in [1.165, 1.54) is 6.07 Å². The van der Waals surface area contributed by atoms with Gasteiger partial charge in [-0.15, -0.1) is 11.8 Å². The Morgan fingerprint density at radius 3 is 2.45 bits per heavy atom. The number of carbonyl (C=O) groups excluding carboxylic acids is 2. The number of carboxylic acid groups (broad SMARTS) is 1. The molecular formula is C14H16NNaO3S. The van der Waals surface area contributed by atoms with Gasteiger partial charge in [0.05, 0.1) is 11.3 Å². The van der Waals surface area contributed by atoms with Crippen molar-refractivity contribution >= 4 is 23.6 Å². The van der Waals surface area contributed by atoms with Crippen molar-refractivity contribution in [3.05, 3.63) is 35.4 Å². The summed E-state index contributed by atoms with van der Waals surface area (Å²) in [7, 11) is 0. The van der Waals surface area contributed by atoms with Crippen molar-refractivity contribution < 1.29 is 44.3 Å². The van der Waals surface area contributed by atoms with Gasteiger partial charge in [-0.2, -0.15) is 0 Å². The summed E-state index contributed by atoms with van der Waals surface area (Å²) in [4.78, 5) is 25.3. The average Bonchev–Trinajstić information content (AvgIpc) is 2.87. The molecule has 1 unspecified atom stereocenters. The number of hydrogen-bond acceptors (Lipinski definition) is 4. The summed E-state index contributed by atoms with van der Waals surface area (Å²) in [5.74, 6) is -0.297. The Hall–Kier alpha value is -0.490. The third-order valence-corrected chi connectivity index (χ3v) is 4.70. The number of benzene rings is 1. The van der Waals surface area contributed by atoms with Crippen LogP contribution >= 0.6 is 11.8 Å². The van der Waals surface area contributed by atoms with E-state index in [0.29, 0.717) is 12.5 Å². The zero-order chi connectivity index (χ0) is 14.0. The standard InChI is InChI=1S/C14H17NO3S.Na/c1-9(2)13-15(7-8-19-13)12(16)10-5-3-4-6-11(10)14(17)18;/h3-6,9,13H,7-8H2,1-2H3,(H,17,18);/q;+1/p-1. The van der Waals surface area contributed by atoms with Gasteiger partial charge in [0.2, 0.25) is 0 Å². The van der Waals surface area contributed by atoms with E-state index in [1.54, 1.807) is 34.9 Å². The van der Waals surface area contributed by atoms with Crippen LogP contribution < -0.4 is 34.7 Å². The second-order valence-corrected chi connectivity index (χ2v) is 6.06. The Kier molecular flexibility index (Phi) is 6.58. The Morgan fingerprint density at radius 1 is 1.30 bits per heavy atom. The van der Waals surface area contributed by atoms with Gasteiger partial charge in [0.1, 0.15) is 0 Å². The second kappa shape index (κ2) is 7.50. The molecule has 2 rings (SSSR count). The van der Waals surface area contributed by atoms with Crippen LogP contribution in [-0.4, -0.2) is 34.4 Å². The monoisotopic (exact) mass is 301 g/mol. The fourth-order valence-corrected chi connectivity index (χ4v) is 3.57. The summed E-state index contributed by atoms with van der Waals surface area (Å²) in [6, 6.07) is 6.23. The molecule has 1 aliphatic rings. The minimum atomic E-state index is -1.31. The molecule has 1 heterocycles. The van der Waals surface area contributed by atoms with Crippen molar-refractivity contribution in [3.63, 3.8) is 0 Å². The molecule has 0 spiro atoms. The zero-order valence-electron chi connectivity index (χ0n) is 12.0. The number of amides is 1. The molecule has 1 saturated heterocycles. The second-order valence-electron chi connectivity index (χ2n) is 4.84. The molecule has 20 heavy (non-hydrogen) atoms. The Balaban J connectivity index is 0.00000200. The number of thioether (sulfide) groups is 1. The average molecular weight is 301 g/mol. The number of carboxylic acids is 1. The van der Waals surface area contributed by atoms with Crippen LogP contribution in [0.25, 0.3) is 0 Å². The van der Waals surface area contributed by atoms with Crippen molar-refractivity contribution in [2.75, 3.05) is 12.3 Å². The van der Waals surface area contributed by atoms with E-state index >= 15 is 0 Å². The summed E-state index contributed by atoms with van der Waals surface area (Å²) < 4.78 is 0. The number of rotatable bonds is 3. The minimum Gasteiger partial charge on any atom is -0.545 e. The smallest absolute Gasteiger partial charge is 0.545 e. The van der Waals surface area contributed by atoms with Crippen molar-refractivity contribution in [3.8, 4) is 0 Å². The summed E-state index contributed by atoms with van der Waals surface area (Å²) in [5, 5.41) is 11.2. The molecule has 102 valence electrons. The van der Waals surface area contributed by atoms with E-state index in [0.717, 1.165) is 5.75 Å². The first-order valence-electron chi connectivity index (χ1n) is 6.25. The van der Waals surface area contributed by atoms with E-state index in [9.17, 15) is 14.7 Å². The van der Waals surface area contributed by atoms with E-state index in [4.69, 9.17) is 0 Å². The van der Waals surface area contributed by atoms with Crippen LogP contribution in [0.1, 0.15) is 34.6 Å². The van der Waals surface area contributed by atoms with Crippen LogP contribution in [0.3, 0.4) is 0 Å². The summed E-state index contributed by atoms with van der Waals surface area (Å²) >= 11 is 1.74. The number of nitrogens with zero attached hydrogens (tertiary/aromatic N) is 1. The molecule has 1 amide bonds. The van der Waals surface area contributed by atoms with Gasteiger partial charge in [-0.1, -0.05) is 32.0 Å². The van der Waals surface area contributed by atoms with Crippen LogP contribution in [0.15, 0.2) is 24.3 Å². The molecule has 0 saturated carbocycles. The third kappa shape index (κ3) is 3.58. The van der Waals surface area contributed by atoms with Gasteiger partial charge in [0.25, 0.3) is 5.91 Å². The number of carbonyl (C=O) groups is 2. The molecule has 0 bridgehead atoms. The maximum absolute atomic E-state index is 12.5. The Bertz CT molecular complexity index is 507. The van der Waals surface area contributed by atoms with Crippen LogP contribution in [-0.2, 0) is 0 Å². The SMILES string of the molecule is CC(C)C1SCCN1C(=O)c1ccccc1C(=O)[O-].[Na+]. The molecule has 1 aromatic carbocycles. The summed E-state index contributed by atoms with van der Waals surface area (Å²) in [5.41, 5.74) is 0.183. The molecule has 4 nitrogen and oxygen atoms in total. The first kappa shape index (κ1) is 17.6. The van der Waals surface area contributed by atoms with Gasteiger partial charge in [0, 0.05) is 23.4 Å². The van der Waals surface area contributed by atoms with Crippen molar-refractivity contribution in [1.82, 2.24) is 4.90 Å². The van der Waals surface area contributed by atoms with E-state index in [-0.39, 0.29) is 52.0 Å². The van der Waals surface area contributed by atoms with Crippen LogP contribution in [0.2, 0.25) is 0 Å². The molecule has 1 aliphatic heterocycles. The quantitative estimate of drug-likeness (QED) is 0.620. The maximum atomic E-state index is 12.5. The molecule has 0 N–H and O–H groups in total. The molecule has 0 radical (unpaired) electrons. The van der Waals surface area contributed by atoms with E-state index in [2.05, 4.69) is 13.8 Å². The summed E-state index contributed by atoms with van der Waals surface area (Å²) in [6.07, 6.45) is 0. The van der Waals surface area contributed by atoms with Gasteiger partial charge in [0.15, 0.2) is 0 Å². The molecule has 0 aromatic heterocycles. The van der Waals surface area contributed by atoms with Crippen LogP contribution in [0, 0.1) is 5.92 Å². The van der Waals surface area contributed by atoms with Gasteiger partial charge >= 0.3 is 29.6 Å². The predicted octanol–water partition coefficient (Wildman–Crippen LogP) is -1.77. The normalized spacial score (nSPS) is 17.9. The molecule has 1 atom stereocenters. The molecular weight excluding hydrogens is 285 g/mol. The van der Waals surface area contributed by atoms with E-state index < -0.39 is 5.97 Å². The maximum Gasteiger partial charge on any atom is 1.00 e. The van der Waals surface area contributed by atoms with Crippen molar-refractivity contribution in [1.29, 1.82) is 0 Å². The first-order chi connectivity index (χ1) is 9.02. The molecule has 6 heteroatoms. The fraction of sp³-hybridized carbons (Fsp3) is 0.429. The Morgan fingerprint density at radius 2 is 1.90 bits per heavy atom. The van der Waals surface area contributed by atoms with Gasteiger partial charge in [-0.05, 0) is 12.0 Å². The zero-order valence-corrected chi connectivity index (χ0v) is 14.8.